The van der Waals surface area contributed by atoms with Crippen molar-refractivity contribution in [2.24, 2.45) is 0 Å². The zero-order valence-electron chi connectivity index (χ0n) is 14.3. The topological polar surface area (TPSA) is 88.5 Å². The van der Waals surface area contributed by atoms with Crippen LogP contribution in [0, 0.1) is 0 Å². The number of amides is 1. The minimum absolute atomic E-state index is 0.127. The van der Waals surface area contributed by atoms with Crippen molar-refractivity contribution in [3.63, 3.8) is 0 Å². The normalized spacial score (nSPS) is 21.6. The molecule has 0 bridgehead atoms. The molecule has 1 fully saturated rings. The maximum absolute atomic E-state index is 11.9. The number of carbonyl (C=O) groups is 1. The molecule has 2 N–H and O–H groups in total. The number of hydrogen-bond donors (Lipinski definition) is 2. The van der Waals surface area contributed by atoms with Crippen molar-refractivity contribution < 1.29 is 9.53 Å². The molecule has 1 aliphatic rings. The van der Waals surface area contributed by atoms with Crippen molar-refractivity contribution in [1.29, 1.82) is 0 Å². The predicted octanol–water partition coefficient (Wildman–Crippen LogP) is 2.57. The number of aromatic amines is 1. The van der Waals surface area contributed by atoms with E-state index < -0.39 is 5.60 Å². The number of fused-ring (bicyclic) bond motifs is 1. The van der Waals surface area contributed by atoms with Gasteiger partial charge in [-0.25, -0.2) is 14.7 Å². The zero-order valence-corrected chi connectivity index (χ0v) is 14.3. The number of aromatic nitrogens is 3. The van der Waals surface area contributed by atoms with Crippen LogP contribution in [0.2, 0.25) is 0 Å². The van der Waals surface area contributed by atoms with E-state index in [1.54, 1.807) is 10.6 Å². The summed E-state index contributed by atoms with van der Waals surface area (Å²) in [6.45, 7) is 5.57. The number of H-pyrrole nitrogens is 1. The average Bonchev–Trinajstić information content (AvgIpc) is 2.97. The third-order valence-corrected chi connectivity index (χ3v) is 4.34. The molecule has 2 heterocycles. The molecule has 1 saturated carbocycles. The van der Waals surface area contributed by atoms with Gasteiger partial charge < -0.3 is 10.1 Å². The van der Waals surface area contributed by atoms with Crippen molar-refractivity contribution in [2.75, 3.05) is 0 Å². The summed E-state index contributed by atoms with van der Waals surface area (Å²) in [4.78, 5) is 23.6. The van der Waals surface area contributed by atoms with Crippen LogP contribution in [-0.4, -0.2) is 32.3 Å². The molecule has 0 radical (unpaired) electrons. The second-order valence-electron chi connectivity index (χ2n) is 7.37. The lowest BCUT2D eigenvalue weighted by atomic mass is 9.84. The van der Waals surface area contributed by atoms with Crippen LogP contribution in [-0.2, 0) is 4.74 Å². The molecule has 0 spiro atoms. The monoisotopic (exact) mass is 332 g/mol. The number of ether oxygens (including phenoxy) is 1. The molecule has 7 nitrogen and oxygen atoms in total. The Hall–Kier alpha value is -2.31. The Balaban J connectivity index is 1.63. The molecule has 130 valence electrons. The first-order chi connectivity index (χ1) is 11.3. The molecule has 2 aromatic rings. The van der Waals surface area contributed by atoms with E-state index in [9.17, 15) is 9.59 Å². The highest BCUT2D eigenvalue weighted by atomic mass is 16.6. The van der Waals surface area contributed by atoms with Gasteiger partial charge in [0.2, 0.25) is 0 Å². The van der Waals surface area contributed by atoms with Crippen molar-refractivity contribution >= 4 is 11.6 Å². The van der Waals surface area contributed by atoms with E-state index in [2.05, 4.69) is 15.5 Å². The summed E-state index contributed by atoms with van der Waals surface area (Å²) in [5.74, 6) is 0.288. The third kappa shape index (κ3) is 3.60. The number of alkyl carbamates (subject to hydrolysis) is 1. The summed E-state index contributed by atoms with van der Waals surface area (Å²) in [6, 6.07) is 3.90. The van der Waals surface area contributed by atoms with Gasteiger partial charge in [0.15, 0.2) is 0 Å². The highest BCUT2D eigenvalue weighted by Gasteiger charge is 2.27. The van der Waals surface area contributed by atoms with Crippen molar-refractivity contribution in [1.82, 2.24) is 19.9 Å². The molecule has 0 aliphatic heterocycles. The fourth-order valence-electron chi connectivity index (χ4n) is 3.27. The second-order valence-corrected chi connectivity index (χ2v) is 7.37. The fourth-order valence-corrected chi connectivity index (χ4v) is 3.27. The maximum Gasteiger partial charge on any atom is 0.407 e. The highest BCUT2D eigenvalue weighted by Crippen LogP contribution is 2.33. The van der Waals surface area contributed by atoms with E-state index in [4.69, 9.17) is 4.74 Å². The number of carbonyl (C=O) groups excluding carboxylic acids is 1. The number of nitrogens with one attached hydrogen (secondary N) is 2. The maximum atomic E-state index is 11.9. The minimum atomic E-state index is -0.484. The zero-order chi connectivity index (χ0) is 17.3. The Labute approximate surface area is 140 Å². The average molecular weight is 332 g/mol. The standard InChI is InChI=1S/C17H24N4O3/c1-17(2,3)24-16(23)18-12-8-6-11(7-9-12)14-13-5-4-10-21(13)15(22)20-19-14/h4-5,10-12H,6-9H2,1-3H3,(H,18,23)(H,20,22). The Kier molecular flexibility index (Phi) is 4.34. The largest absolute Gasteiger partial charge is 0.444 e. The van der Waals surface area contributed by atoms with Gasteiger partial charge in [-0.05, 0) is 58.6 Å². The van der Waals surface area contributed by atoms with Crippen LogP contribution in [0.25, 0.3) is 5.52 Å². The number of rotatable bonds is 2. The van der Waals surface area contributed by atoms with Gasteiger partial charge in [0.25, 0.3) is 0 Å². The minimum Gasteiger partial charge on any atom is -0.444 e. The lowest BCUT2D eigenvalue weighted by Crippen LogP contribution is -2.40. The van der Waals surface area contributed by atoms with Gasteiger partial charge in [-0.2, -0.15) is 5.10 Å². The van der Waals surface area contributed by atoms with Crippen LogP contribution in [0.15, 0.2) is 23.1 Å². The van der Waals surface area contributed by atoms with Gasteiger partial charge in [-0.15, -0.1) is 0 Å². The fraction of sp³-hybridized carbons (Fsp3) is 0.588. The van der Waals surface area contributed by atoms with Gasteiger partial charge in [0.05, 0.1) is 11.2 Å². The first-order valence-electron chi connectivity index (χ1n) is 8.38. The molecule has 1 amide bonds. The predicted molar refractivity (Wildman–Crippen MR) is 90.2 cm³/mol. The van der Waals surface area contributed by atoms with E-state index in [0.717, 1.165) is 36.9 Å². The number of nitrogens with zero attached hydrogens (tertiary/aromatic N) is 2. The van der Waals surface area contributed by atoms with Crippen LogP contribution in [0.4, 0.5) is 4.79 Å². The van der Waals surface area contributed by atoms with E-state index in [0.29, 0.717) is 0 Å². The molecule has 0 saturated heterocycles. The summed E-state index contributed by atoms with van der Waals surface area (Å²) in [5.41, 5.74) is 1.08. The summed E-state index contributed by atoms with van der Waals surface area (Å²) in [6.07, 6.45) is 4.97. The van der Waals surface area contributed by atoms with Crippen LogP contribution in [0.1, 0.15) is 58.1 Å². The molecule has 3 rings (SSSR count). The Morgan fingerprint density at radius 3 is 2.71 bits per heavy atom. The molecular weight excluding hydrogens is 308 g/mol. The smallest absolute Gasteiger partial charge is 0.407 e. The molecular formula is C17H24N4O3. The number of hydrogen-bond acceptors (Lipinski definition) is 4. The molecule has 2 aromatic heterocycles. The van der Waals surface area contributed by atoms with Crippen LogP contribution >= 0.6 is 0 Å². The summed E-state index contributed by atoms with van der Waals surface area (Å²) in [5, 5.41) is 9.77. The Bertz CT molecular complexity index is 779. The van der Waals surface area contributed by atoms with Crippen LogP contribution < -0.4 is 11.0 Å². The molecule has 0 unspecified atom stereocenters. The molecule has 0 atom stereocenters. The van der Waals surface area contributed by atoms with E-state index in [1.807, 2.05) is 32.9 Å². The quantitative estimate of drug-likeness (QED) is 0.884. The van der Waals surface area contributed by atoms with E-state index in [-0.39, 0.29) is 23.7 Å². The van der Waals surface area contributed by atoms with E-state index >= 15 is 0 Å². The third-order valence-electron chi connectivity index (χ3n) is 4.34. The Morgan fingerprint density at radius 1 is 1.33 bits per heavy atom. The lowest BCUT2D eigenvalue weighted by Gasteiger charge is -2.29. The van der Waals surface area contributed by atoms with E-state index in [1.165, 1.54) is 0 Å². The van der Waals surface area contributed by atoms with Crippen molar-refractivity contribution in [3.8, 4) is 0 Å². The molecule has 24 heavy (non-hydrogen) atoms. The molecule has 0 aromatic carbocycles. The summed E-state index contributed by atoms with van der Waals surface area (Å²) in [7, 11) is 0. The van der Waals surface area contributed by atoms with Gasteiger partial charge in [0, 0.05) is 18.2 Å². The SMILES string of the molecule is CC(C)(C)OC(=O)NC1CCC(c2n[nH]c(=O)n3cccc23)CC1. The van der Waals surface area contributed by atoms with Gasteiger partial charge >= 0.3 is 11.8 Å². The van der Waals surface area contributed by atoms with Crippen LogP contribution in [0.3, 0.4) is 0 Å². The van der Waals surface area contributed by atoms with Gasteiger partial charge in [-0.3, -0.25) is 4.40 Å². The van der Waals surface area contributed by atoms with Gasteiger partial charge in [-0.1, -0.05) is 0 Å². The first-order valence-corrected chi connectivity index (χ1v) is 8.38. The molecule has 1 aliphatic carbocycles. The van der Waals surface area contributed by atoms with Gasteiger partial charge in [0.1, 0.15) is 5.60 Å². The summed E-state index contributed by atoms with van der Waals surface area (Å²) < 4.78 is 6.90. The second kappa shape index (κ2) is 6.30. The van der Waals surface area contributed by atoms with Crippen LogP contribution in [0.5, 0.6) is 0 Å². The highest BCUT2D eigenvalue weighted by molar-refractivity contribution is 5.68. The lowest BCUT2D eigenvalue weighted by molar-refractivity contribution is 0.0491. The Morgan fingerprint density at radius 2 is 2.04 bits per heavy atom. The van der Waals surface area contributed by atoms with Crippen molar-refractivity contribution in [2.45, 2.75) is 64.0 Å². The first kappa shape index (κ1) is 16.5. The molecule has 7 heteroatoms. The summed E-state index contributed by atoms with van der Waals surface area (Å²) >= 11 is 0. The van der Waals surface area contributed by atoms with Crippen molar-refractivity contribution in [3.05, 3.63) is 34.5 Å².